The van der Waals surface area contributed by atoms with Crippen molar-refractivity contribution in [1.29, 1.82) is 0 Å². The number of likely N-dealkylation sites (tertiary alicyclic amines) is 1. The Morgan fingerprint density at radius 3 is 2.59 bits per heavy atom. The fraction of sp³-hybridized carbons (Fsp3) is 0.394. The summed E-state index contributed by atoms with van der Waals surface area (Å²) in [5.74, 6) is -0.269. The SMILES string of the molecule is CNCc1ccc(C(=O)N2CCC[C@@H](C(O)(CCCNC(=O)OC)c3cccc(Cl)c3-c3cccc(C)c3)C2)cc1. The first-order valence-corrected chi connectivity index (χ1v) is 14.6. The summed E-state index contributed by atoms with van der Waals surface area (Å²) in [7, 11) is 3.22. The number of piperidine rings is 1. The Kier molecular flexibility index (Phi) is 10.4. The predicted octanol–water partition coefficient (Wildman–Crippen LogP) is 5.91. The van der Waals surface area contributed by atoms with Crippen molar-refractivity contribution in [1.82, 2.24) is 15.5 Å². The van der Waals surface area contributed by atoms with Gasteiger partial charge in [0.15, 0.2) is 0 Å². The van der Waals surface area contributed by atoms with Crippen molar-refractivity contribution in [2.45, 2.75) is 44.8 Å². The smallest absolute Gasteiger partial charge is 0.406 e. The van der Waals surface area contributed by atoms with Gasteiger partial charge in [0.05, 0.1) is 12.7 Å². The van der Waals surface area contributed by atoms with Crippen molar-refractivity contribution < 1.29 is 19.4 Å². The van der Waals surface area contributed by atoms with Gasteiger partial charge >= 0.3 is 6.09 Å². The molecule has 0 saturated carbocycles. The number of aryl methyl sites for hydroxylation is 1. The minimum absolute atomic E-state index is 0.0367. The standard InChI is InChI=1S/C33H40ClN3O4/c1-23-8-4-9-26(20-23)30-28(11-5-12-29(30)34)33(40,17-7-18-36-32(39)41-3)27-10-6-19-37(22-27)31(38)25-15-13-24(14-16-25)21-35-2/h4-5,8-9,11-16,20,27,35,40H,6-7,10,17-19,21-22H2,1-3H3,(H,36,39)/t27-,33?/m1/s1. The van der Waals surface area contributed by atoms with Gasteiger partial charge in [-0.05, 0) is 74.5 Å². The molecule has 3 aromatic rings. The second-order valence-corrected chi connectivity index (χ2v) is 11.2. The number of aliphatic hydroxyl groups is 1. The number of methoxy groups -OCH3 is 1. The molecule has 2 amide bonds. The largest absolute Gasteiger partial charge is 0.453 e. The third kappa shape index (κ3) is 7.28. The van der Waals surface area contributed by atoms with E-state index >= 15 is 0 Å². The Morgan fingerprint density at radius 2 is 1.88 bits per heavy atom. The number of hydrogen-bond donors (Lipinski definition) is 3. The van der Waals surface area contributed by atoms with Crippen LogP contribution in [-0.2, 0) is 16.9 Å². The molecule has 0 bridgehead atoms. The highest BCUT2D eigenvalue weighted by atomic mass is 35.5. The highest BCUT2D eigenvalue weighted by Crippen LogP contribution is 2.45. The van der Waals surface area contributed by atoms with Crippen molar-refractivity contribution in [2.75, 3.05) is 33.8 Å². The van der Waals surface area contributed by atoms with E-state index in [9.17, 15) is 14.7 Å². The van der Waals surface area contributed by atoms with Crippen LogP contribution in [0.25, 0.3) is 11.1 Å². The van der Waals surface area contributed by atoms with Crippen molar-refractivity contribution >= 4 is 23.6 Å². The minimum Gasteiger partial charge on any atom is -0.453 e. The fourth-order valence-electron chi connectivity index (χ4n) is 5.86. The number of alkyl carbamates (subject to hydrolysis) is 1. The molecular weight excluding hydrogens is 538 g/mol. The van der Waals surface area contributed by atoms with Crippen LogP contribution in [0.5, 0.6) is 0 Å². The van der Waals surface area contributed by atoms with E-state index in [1.165, 1.54) is 7.11 Å². The van der Waals surface area contributed by atoms with Crippen molar-refractivity contribution in [3.63, 3.8) is 0 Å². The van der Waals surface area contributed by atoms with Crippen LogP contribution < -0.4 is 10.6 Å². The summed E-state index contributed by atoms with van der Waals surface area (Å²) in [6.45, 7) is 4.16. The van der Waals surface area contributed by atoms with Crippen LogP contribution >= 0.6 is 11.6 Å². The molecule has 0 radical (unpaired) electrons. The molecule has 3 N–H and O–H groups in total. The van der Waals surface area contributed by atoms with Gasteiger partial charge in [0.2, 0.25) is 0 Å². The molecule has 0 aromatic heterocycles. The van der Waals surface area contributed by atoms with Gasteiger partial charge in [0.1, 0.15) is 0 Å². The summed E-state index contributed by atoms with van der Waals surface area (Å²) >= 11 is 6.82. The lowest BCUT2D eigenvalue weighted by molar-refractivity contribution is -0.0563. The van der Waals surface area contributed by atoms with Crippen LogP contribution in [0.1, 0.15) is 52.7 Å². The van der Waals surface area contributed by atoms with Gasteiger partial charge in [-0.25, -0.2) is 4.79 Å². The molecule has 41 heavy (non-hydrogen) atoms. The maximum atomic E-state index is 13.6. The molecule has 218 valence electrons. The molecule has 3 aromatic carbocycles. The van der Waals surface area contributed by atoms with Gasteiger partial charge in [-0.15, -0.1) is 0 Å². The number of carbonyl (C=O) groups is 2. The van der Waals surface area contributed by atoms with Crippen LogP contribution in [0, 0.1) is 12.8 Å². The lowest BCUT2D eigenvalue weighted by Crippen LogP contribution is -2.48. The Balaban J connectivity index is 1.67. The van der Waals surface area contributed by atoms with Crippen LogP contribution in [0.4, 0.5) is 4.79 Å². The topological polar surface area (TPSA) is 90.9 Å². The minimum atomic E-state index is -1.29. The maximum Gasteiger partial charge on any atom is 0.406 e. The first-order chi connectivity index (χ1) is 19.8. The number of ether oxygens (including phenoxy) is 1. The van der Waals surface area contributed by atoms with E-state index in [-0.39, 0.29) is 11.8 Å². The number of benzene rings is 3. The maximum absolute atomic E-state index is 13.6. The lowest BCUT2D eigenvalue weighted by Gasteiger charge is -2.44. The molecular formula is C33H40ClN3O4. The Morgan fingerprint density at radius 1 is 1.12 bits per heavy atom. The Bertz CT molecular complexity index is 1350. The lowest BCUT2D eigenvalue weighted by atomic mass is 9.72. The van der Waals surface area contributed by atoms with E-state index in [1.807, 2.05) is 79.5 Å². The number of halogens is 1. The summed E-state index contributed by atoms with van der Waals surface area (Å²) in [6, 6.07) is 21.4. The summed E-state index contributed by atoms with van der Waals surface area (Å²) < 4.78 is 4.71. The van der Waals surface area contributed by atoms with E-state index in [0.717, 1.165) is 47.2 Å². The molecule has 1 saturated heterocycles. The van der Waals surface area contributed by atoms with Crippen LogP contribution in [0.3, 0.4) is 0 Å². The quantitative estimate of drug-likeness (QED) is 0.261. The van der Waals surface area contributed by atoms with Gasteiger partial charge in [-0.1, -0.05) is 65.7 Å². The van der Waals surface area contributed by atoms with Gasteiger partial charge < -0.3 is 25.4 Å². The van der Waals surface area contributed by atoms with Crippen molar-refractivity contribution in [3.05, 3.63) is 94.0 Å². The molecule has 4 rings (SSSR count). The zero-order valence-corrected chi connectivity index (χ0v) is 24.8. The average molecular weight is 578 g/mol. The third-order valence-electron chi connectivity index (χ3n) is 7.94. The monoisotopic (exact) mass is 577 g/mol. The molecule has 7 nitrogen and oxygen atoms in total. The number of amides is 2. The van der Waals surface area contributed by atoms with E-state index in [2.05, 4.69) is 16.7 Å². The highest BCUT2D eigenvalue weighted by Gasteiger charge is 2.43. The zero-order chi connectivity index (χ0) is 29.4. The van der Waals surface area contributed by atoms with Gasteiger partial charge in [0, 0.05) is 48.2 Å². The molecule has 1 unspecified atom stereocenters. The Hall–Kier alpha value is -3.39. The van der Waals surface area contributed by atoms with Gasteiger partial charge in [0.25, 0.3) is 5.91 Å². The second-order valence-electron chi connectivity index (χ2n) is 10.8. The van der Waals surface area contributed by atoms with Gasteiger partial charge in [-0.2, -0.15) is 0 Å². The average Bonchev–Trinajstić information content (AvgIpc) is 2.99. The van der Waals surface area contributed by atoms with Crippen molar-refractivity contribution in [2.24, 2.45) is 5.92 Å². The van der Waals surface area contributed by atoms with E-state index < -0.39 is 11.7 Å². The molecule has 1 aliphatic rings. The number of nitrogens with one attached hydrogen (secondary N) is 2. The van der Waals surface area contributed by atoms with Crippen LogP contribution in [0.15, 0.2) is 66.7 Å². The molecule has 2 atom stereocenters. The molecule has 0 spiro atoms. The first kappa shape index (κ1) is 30.6. The number of rotatable bonds is 10. The first-order valence-electron chi connectivity index (χ1n) is 14.2. The normalized spacial score (nSPS) is 16.6. The van der Waals surface area contributed by atoms with Crippen LogP contribution in [0.2, 0.25) is 5.02 Å². The van der Waals surface area contributed by atoms with Gasteiger partial charge in [-0.3, -0.25) is 4.79 Å². The summed E-state index contributed by atoms with van der Waals surface area (Å²) in [5.41, 5.74) is 4.02. The van der Waals surface area contributed by atoms with E-state index in [1.54, 1.807) is 0 Å². The molecule has 0 aliphatic carbocycles. The predicted molar refractivity (Wildman–Crippen MR) is 163 cm³/mol. The Labute approximate surface area is 247 Å². The summed E-state index contributed by atoms with van der Waals surface area (Å²) in [4.78, 5) is 27.1. The molecule has 1 aliphatic heterocycles. The van der Waals surface area contributed by atoms with Crippen molar-refractivity contribution in [3.8, 4) is 11.1 Å². The number of nitrogens with zero attached hydrogens (tertiary/aromatic N) is 1. The molecule has 1 fully saturated rings. The second kappa shape index (κ2) is 14.0. The van der Waals surface area contributed by atoms with E-state index in [4.69, 9.17) is 16.3 Å². The van der Waals surface area contributed by atoms with E-state index in [0.29, 0.717) is 43.1 Å². The molecule has 8 heteroatoms. The van der Waals surface area contributed by atoms with Crippen LogP contribution in [-0.4, -0.2) is 55.8 Å². The molecule has 1 heterocycles. The number of hydrogen-bond acceptors (Lipinski definition) is 5. The third-order valence-corrected chi connectivity index (χ3v) is 8.26. The summed E-state index contributed by atoms with van der Waals surface area (Å²) in [6.07, 6.45) is 1.92. The highest BCUT2D eigenvalue weighted by molar-refractivity contribution is 6.33. The fourth-order valence-corrected chi connectivity index (χ4v) is 6.15. The zero-order valence-electron chi connectivity index (χ0n) is 24.1. The number of carbonyl (C=O) groups excluding carboxylic acids is 2. The summed E-state index contributed by atoms with van der Waals surface area (Å²) in [5, 5.41) is 19.1.